The average molecular weight is 238 g/mol. The molecule has 0 atom stereocenters. The maximum absolute atomic E-state index is 5.31. The smallest absolute Gasteiger partial charge is 0.145 e. The number of hydrogen-bond donors (Lipinski definition) is 1. The molecule has 0 aliphatic rings. The predicted octanol–water partition coefficient (Wildman–Crippen LogP) is 2.07. The molecule has 1 N–H and O–H groups in total. The van der Waals surface area contributed by atoms with Gasteiger partial charge in [0.15, 0.2) is 0 Å². The number of nitrogens with one attached hydrogen (secondary N) is 1. The van der Waals surface area contributed by atoms with E-state index >= 15 is 0 Å². The minimum atomic E-state index is 0.806. The molecule has 0 heterocycles. The van der Waals surface area contributed by atoms with Crippen molar-refractivity contribution in [3.63, 3.8) is 0 Å². The van der Waals surface area contributed by atoms with Crippen LogP contribution in [0.2, 0.25) is 0 Å². The lowest BCUT2D eigenvalue weighted by atomic mass is 10.2. The Morgan fingerprint density at radius 3 is 2.53 bits per heavy atom. The van der Waals surface area contributed by atoms with Crippen LogP contribution in [0.25, 0.3) is 0 Å². The minimum Gasteiger partial charge on any atom is -0.497 e. The number of ether oxygens (including phenoxy) is 2. The van der Waals surface area contributed by atoms with Crippen LogP contribution in [0.15, 0.2) is 18.2 Å². The Balaban J connectivity index is 2.52. The Morgan fingerprint density at radius 2 is 1.94 bits per heavy atom. The van der Waals surface area contributed by atoms with Crippen LogP contribution < -0.4 is 14.8 Å². The number of rotatable bonds is 7. The lowest BCUT2D eigenvalue weighted by Crippen LogP contribution is -2.16. The first-order chi connectivity index (χ1) is 8.17. The number of hydrogen-bond acceptors (Lipinski definition) is 4. The van der Waals surface area contributed by atoms with E-state index in [9.17, 15) is 0 Å². The zero-order chi connectivity index (χ0) is 12.7. The summed E-state index contributed by atoms with van der Waals surface area (Å²) in [5.74, 6) is 1.62. The summed E-state index contributed by atoms with van der Waals surface area (Å²) in [5.41, 5.74) is 1.01. The number of benzene rings is 1. The average Bonchev–Trinajstić information content (AvgIpc) is 2.34. The van der Waals surface area contributed by atoms with Crippen LogP contribution in [0.1, 0.15) is 6.42 Å². The van der Waals surface area contributed by atoms with Gasteiger partial charge in [0.05, 0.1) is 19.9 Å². The van der Waals surface area contributed by atoms with E-state index in [4.69, 9.17) is 9.47 Å². The molecule has 0 saturated carbocycles. The van der Waals surface area contributed by atoms with E-state index in [1.165, 1.54) is 0 Å². The van der Waals surface area contributed by atoms with Crippen molar-refractivity contribution in [1.29, 1.82) is 0 Å². The standard InChI is InChI=1S/C13H22N2O2/c1-15(2)9-5-8-14-12-7-6-11(16-3)10-13(12)17-4/h6-7,10,14H,5,8-9H2,1-4H3. The van der Waals surface area contributed by atoms with Crippen molar-refractivity contribution in [2.24, 2.45) is 0 Å². The van der Waals surface area contributed by atoms with E-state index < -0.39 is 0 Å². The Bertz CT molecular complexity index is 340. The molecule has 0 radical (unpaired) electrons. The summed E-state index contributed by atoms with van der Waals surface area (Å²) in [4.78, 5) is 2.17. The van der Waals surface area contributed by atoms with Crippen molar-refractivity contribution in [3.05, 3.63) is 18.2 Å². The van der Waals surface area contributed by atoms with E-state index in [0.717, 1.165) is 36.7 Å². The molecule has 0 aliphatic heterocycles. The molecule has 1 rings (SSSR count). The van der Waals surface area contributed by atoms with Gasteiger partial charge in [-0.3, -0.25) is 0 Å². The summed E-state index contributed by atoms with van der Waals surface area (Å²) in [6.07, 6.45) is 1.10. The van der Waals surface area contributed by atoms with E-state index in [-0.39, 0.29) is 0 Å². The molecule has 0 fully saturated rings. The van der Waals surface area contributed by atoms with E-state index in [0.29, 0.717) is 0 Å². The second-order valence-corrected chi connectivity index (χ2v) is 4.15. The maximum atomic E-state index is 5.31. The third-order valence-electron chi connectivity index (χ3n) is 2.51. The van der Waals surface area contributed by atoms with Gasteiger partial charge < -0.3 is 19.7 Å². The Morgan fingerprint density at radius 1 is 1.18 bits per heavy atom. The van der Waals surface area contributed by atoms with Crippen molar-refractivity contribution >= 4 is 5.69 Å². The van der Waals surface area contributed by atoms with Gasteiger partial charge in [0.2, 0.25) is 0 Å². The summed E-state index contributed by atoms with van der Waals surface area (Å²) in [6, 6.07) is 5.79. The minimum absolute atomic E-state index is 0.806. The van der Waals surface area contributed by atoms with E-state index in [1.807, 2.05) is 18.2 Å². The van der Waals surface area contributed by atoms with Gasteiger partial charge >= 0.3 is 0 Å². The first kappa shape index (κ1) is 13.6. The van der Waals surface area contributed by atoms with E-state index in [2.05, 4.69) is 24.3 Å². The zero-order valence-electron chi connectivity index (χ0n) is 11.1. The lowest BCUT2D eigenvalue weighted by Gasteiger charge is -2.13. The molecular weight excluding hydrogens is 216 g/mol. The second kappa shape index (κ2) is 7.01. The number of methoxy groups -OCH3 is 2. The van der Waals surface area contributed by atoms with Gasteiger partial charge in [-0.2, -0.15) is 0 Å². The second-order valence-electron chi connectivity index (χ2n) is 4.15. The Kier molecular flexibility index (Phi) is 5.63. The van der Waals surface area contributed by atoms with Gasteiger partial charge in [-0.15, -0.1) is 0 Å². The molecule has 17 heavy (non-hydrogen) atoms. The largest absolute Gasteiger partial charge is 0.497 e. The molecule has 0 aromatic heterocycles. The Hall–Kier alpha value is -1.42. The molecular formula is C13H22N2O2. The van der Waals surface area contributed by atoms with Gasteiger partial charge in [0.1, 0.15) is 11.5 Å². The molecule has 0 bridgehead atoms. The zero-order valence-corrected chi connectivity index (χ0v) is 11.1. The molecule has 96 valence electrons. The van der Waals surface area contributed by atoms with Crippen LogP contribution in [0.4, 0.5) is 5.69 Å². The van der Waals surface area contributed by atoms with Crippen molar-refractivity contribution in [3.8, 4) is 11.5 Å². The highest BCUT2D eigenvalue weighted by molar-refractivity contribution is 5.59. The highest BCUT2D eigenvalue weighted by atomic mass is 16.5. The van der Waals surface area contributed by atoms with Gasteiger partial charge in [-0.1, -0.05) is 0 Å². The SMILES string of the molecule is COc1ccc(NCCCN(C)C)c(OC)c1. The van der Waals surface area contributed by atoms with Crippen LogP contribution in [0.3, 0.4) is 0 Å². The molecule has 0 saturated heterocycles. The predicted molar refractivity (Wildman–Crippen MR) is 71.2 cm³/mol. The Labute approximate surface area is 104 Å². The van der Waals surface area contributed by atoms with Crippen LogP contribution in [0.5, 0.6) is 11.5 Å². The summed E-state index contributed by atoms with van der Waals surface area (Å²) < 4.78 is 10.5. The summed E-state index contributed by atoms with van der Waals surface area (Å²) in [5, 5.41) is 3.36. The molecule has 4 nitrogen and oxygen atoms in total. The van der Waals surface area contributed by atoms with Crippen molar-refractivity contribution in [2.45, 2.75) is 6.42 Å². The summed E-state index contributed by atoms with van der Waals surface area (Å²) >= 11 is 0. The van der Waals surface area contributed by atoms with E-state index in [1.54, 1.807) is 14.2 Å². The first-order valence-corrected chi connectivity index (χ1v) is 5.78. The number of anilines is 1. The fraction of sp³-hybridized carbons (Fsp3) is 0.538. The highest BCUT2D eigenvalue weighted by Crippen LogP contribution is 2.28. The lowest BCUT2D eigenvalue weighted by molar-refractivity contribution is 0.394. The molecule has 0 unspecified atom stereocenters. The van der Waals surface area contributed by atoms with Crippen LogP contribution in [-0.2, 0) is 0 Å². The first-order valence-electron chi connectivity index (χ1n) is 5.78. The molecule has 0 amide bonds. The monoisotopic (exact) mass is 238 g/mol. The topological polar surface area (TPSA) is 33.7 Å². The molecule has 1 aromatic rings. The van der Waals surface area contributed by atoms with Crippen molar-refractivity contribution < 1.29 is 9.47 Å². The maximum Gasteiger partial charge on any atom is 0.145 e. The van der Waals surface area contributed by atoms with Crippen molar-refractivity contribution in [2.75, 3.05) is 46.7 Å². The fourth-order valence-corrected chi connectivity index (χ4v) is 1.56. The molecule has 0 spiro atoms. The summed E-state index contributed by atoms with van der Waals surface area (Å²) in [7, 11) is 7.47. The highest BCUT2D eigenvalue weighted by Gasteiger charge is 2.03. The molecule has 4 heteroatoms. The molecule has 1 aromatic carbocycles. The third kappa shape index (κ3) is 4.53. The third-order valence-corrected chi connectivity index (χ3v) is 2.51. The van der Waals surface area contributed by atoms with Gasteiger partial charge in [0.25, 0.3) is 0 Å². The van der Waals surface area contributed by atoms with Crippen LogP contribution in [-0.4, -0.2) is 46.3 Å². The normalized spacial score (nSPS) is 10.4. The number of nitrogens with zero attached hydrogens (tertiary/aromatic N) is 1. The fourth-order valence-electron chi connectivity index (χ4n) is 1.56. The van der Waals surface area contributed by atoms with Crippen LogP contribution in [0, 0.1) is 0 Å². The van der Waals surface area contributed by atoms with Gasteiger partial charge in [-0.25, -0.2) is 0 Å². The van der Waals surface area contributed by atoms with Gasteiger partial charge in [0, 0.05) is 12.6 Å². The van der Waals surface area contributed by atoms with Crippen LogP contribution >= 0.6 is 0 Å². The van der Waals surface area contributed by atoms with Gasteiger partial charge in [-0.05, 0) is 39.2 Å². The molecule has 0 aliphatic carbocycles. The van der Waals surface area contributed by atoms with Crippen molar-refractivity contribution in [1.82, 2.24) is 4.90 Å². The quantitative estimate of drug-likeness (QED) is 0.737. The summed E-state index contributed by atoms with van der Waals surface area (Å²) in [6.45, 7) is 2.01.